The second kappa shape index (κ2) is 8.28. The van der Waals surface area contributed by atoms with Crippen LogP contribution in [0.15, 0.2) is 48.5 Å². The van der Waals surface area contributed by atoms with E-state index in [0.717, 1.165) is 4.90 Å². The maximum atomic E-state index is 12.5. The van der Waals surface area contributed by atoms with Gasteiger partial charge in [-0.1, -0.05) is 24.3 Å². The van der Waals surface area contributed by atoms with E-state index >= 15 is 0 Å². The van der Waals surface area contributed by atoms with Crippen molar-refractivity contribution in [1.29, 1.82) is 0 Å². The van der Waals surface area contributed by atoms with Crippen LogP contribution in [0.2, 0.25) is 0 Å². The van der Waals surface area contributed by atoms with Gasteiger partial charge in [-0.2, -0.15) is 0 Å². The highest BCUT2D eigenvalue weighted by Crippen LogP contribution is 2.25. The fourth-order valence-electron chi connectivity index (χ4n) is 3.05. The van der Waals surface area contributed by atoms with E-state index in [1.54, 1.807) is 30.3 Å². The largest absolute Gasteiger partial charge is 0.451 e. The number of Topliss-reactive ketones (excluding diaryl/α,β-unsaturated/α-hetero) is 1. The lowest BCUT2D eigenvalue weighted by Crippen LogP contribution is -2.45. The number of imide groups is 1. The van der Waals surface area contributed by atoms with Crippen LogP contribution in [0.25, 0.3) is 0 Å². The van der Waals surface area contributed by atoms with Gasteiger partial charge in [-0.05, 0) is 45.0 Å². The van der Waals surface area contributed by atoms with Crippen molar-refractivity contribution < 1.29 is 28.7 Å². The van der Waals surface area contributed by atoms with Crippen molar-refractivity contribution in [2.24, 2.45) is 0 Å². The summed E-state index contributed by atoms with van der Waals surface area (Å²) in [5.74, 6) is -2.82. The molecular weight excluding hydrogens is 388 g/mol. The van der Waals surface area contributed by atoms with Crippen LogP contribution in [-0.2, 0) is 14.3 Å². The maximum absolute atomic E-state index is 12.5. The second-order valence-electron chi connectivity index (χ2n) is 6.91. The molecule has 30 heavy (non-hydrogen) atoms. The molecule has 1 aliphatic heterocycles. The van der Waals surface area contributed by atoms with Crippen molar-refractivity contribution in [2.45, 2.75) is 32.9 Å². The number of hydrogen-bond donors (Lipinski definition) is 1. The number of ether oxygens (including phenoxy) is 1. The van der Waals surface area contributed by atoms with Crippen LogP contribution in [0, 0.1) is 0 Å². The highest BCUT2D eigenvalue weighted by molar-refractivity contribution is 6.22. The summed E-state index contributed by atoms with van der Waals surface area (Å²) in [7, 11) is 0. The van der Waals surface area contributed by atoms with Gasteiger partial charge in [-0.15, -0.1) is 0 Å². The molecule has 2 atom stereocenters. The standard InChI is InChI=1S/C22H20N2O6/c1-12(24-20(27)17-9-4-5-10-18(17)21(24)28)22(29)30-14(3)19(26)23-16-8-6-7-15(11-16)13(2)25/h4-12,14H,1-3H3,(H,23,26)/t12-,14-/m0/s1. The van der Waals surface area contributed by atoms with Gasteiger partial charge >= 0.3 is 5.97 Å². The molecule has 3 amide bonds. The van der Waals surface area contributed by atoms with Gasteiger partial charge < -0.3 is 10.1 Å². The number of hydrogen-bond acceptors (Lipinski definition) is 6. The molecule has 154 valence electrons. The zero-order chi connectivity index (χ0) is 22.0. The van der Waals surface area contributed by atoms with Crippen LogP contribution >= 0.6 is 0 Å². The topological polar surface area (TPSA) is 110 Å². The number of fused-ring (bicyclic) bond motifs is 1. The quantitative estimate of drug-likeness (QED) is 0.447. The van der Waals surface area contributed by atoms with Gasteiger partial charge in [-0.25, -0.2) is 4.79 Å². The number of carbonyl (C=O) groups excluding carboxylic acids is 5. The van der Waals surface area contributed by atoms with Crippen LogP contribution in [0.4, 0.5) is 5.69 Å². The van der Waals surface area contributed by atoms with E-state index in [9.17, 15) is 24.0 Å². The summed E-state index contributed by atoms with van der Waals surface area (Å²) < 4.78 is 5.17. The Balaban J connectivity index is 1.65. The molecule has 1 heterocycles. The number of esters is 1. The van der Waals surface area contributed by atoms with Crippen LogP contribution in [0.3, 0.4) is 0 Å². The third kappa shape index (κ3) is 3.98. The molecular formula is C22H20N2O6. The molecule has 0 radical (unpaired) electrons. The van der Waals surface area contributed by atoms with E-state index in [4.69, 9.17) is 4.74 Å². The lowest BCUT2D eigenvalue weighted by Gasteiger charge is -2.22. The number of amides is 3. The predicted molar refractivity (Wildman–Crippen MR) is 107 cm³/mol. The number of anilines is 1. The minimum Gasteiger partial charge on any atom is -0.451 e. The first-order valence-corrected chi connectivity index (χ1v) is 9.30. The van der Waals surface area contributed by atoms with E-state index in [-0.39, 0.29) is 16.9 Å². The molecule has 0 aromatic heterocycles. The first-order valence-electron chi connectivity index (χ1n) is 9.30. The first-order chi connectivity index (χ1) is 14.2. The van der Waals surface area contributed by atoms with Gasteiger partial charge in [0.15, 0.2) is 11.9 Å². The molecule has 0 bridgehead atoms. The van der Waals surface area contributed by atoms with Crippen LogP contribution in [0.1, 0.15) is 51.8 Å². The summed E-state index contributed by atoms with van der Waals surface area (Å²) in [4.78, 5) is 62.1. The SMILES string of the molecule is CC(=O)c1cccc(NC(=O)[C@H](C)OC(=O)[C@H](C)N2C(=O)c3ccccc3C2=O)c1. The van der Waals surface area contributed by atoms with Crippen molar-refractivity contribution in [1.82, 2.24) is 4.90 Å². The fourth-order valence-corrected chi connectivity index (χ4v) is 3.05. The summed E-state index contributed by atoms with van der Waals surface area (Å²) in [6.45, 7) is 4.15. The van der Waals surface area contributed by atoms with Crippen molar-refractivity contribution in [3.63, 3.8) is 0 Å². The Morgan fingerprint density at radius 1 is 0.933 bits per heavy atom. The molecule has 0 unspecified atom stereocenters. The molecule has 2 aromatic rings. The molecule has 0 saturated heterocycles. The maximum Gasteiger partial charge on any atom is 0.329 e. The van der Waals surface area contributed by atoms with Gasteiger partial charge in [0.2, 0.25) is 0 Å². The third-order valence-corrected chi connectivity index (χ3v) is 4.75. The molecule has 0 spiro atoms. The minimum absolute atomic E-state index is 0.152. The number of nitrogens with zero attached hydrogens (tertiary/aromatic N) is 1. The van der Waals surface area contributed by atoms with Gasteiger partial charge in [0, 0.05) is 11.3 Å². The third-order valence-electron chi connectivity index (χ3n) is 4.75. The van der Waals surface area contributed by atoms with Crippen molar-refractivity contribution in [3.05, 3.63) is 65.2 Å². The number of rotatable bonds is 6. The fraction of sp³-hybridized carbons (Fsp3) is 0.227. The zero-order valence-electron chi connectivity index (χ0n) is 16.7. The van der Waals surface area contributed by atoms with Crippen molar-refractivity contribution >= 4 is 35.2 Å². The number of nitrogens with one attached hydrogen (secondary N) is 1. The Morgan fingerprint density at radius 2 is 1.53 bits per heavy atom. The van der Waals surface area contributed by atoms with Crippen molar-refractivity contribution in [3.8, 4) is 0 Å². The summed E-state index contributed by atoms with van der Waals surface area (Å²) >= 11 is 0. The molecule has 0 fully saturated rings. The molecule has 0 aliphatic carbocycles. The molecule has 1 N–H and O–H groups in total. The molecule has 8 heteroatoms. The van der Waals surface area contributed by atoms with Crippen LogP contribution < -0.4 is 5.32 Å². The van der Waals surface area contributed by atoms with E-state index in [2.05, 4.69) is 5.32 Å². The molecule has 3 rings (SSSR count). The number of carbonyl (C=O) groups is 5. The second-order valence-corrected chi connectivity index (χ2v) is 6.91. The smallest absolute Gasteiger partial charge is 0.329 e. The predicted octanol–water partition coefficient (Wildman–Crippen LogP) is 2.44. The van der Waals surface area contributed by atoms with Crippen molar-refractivity contribution in [2.75, 3.05) is 5.32 Å². The average molecular weight is 408 g/mol. The van der Waals surface area contributed by atoms with E-state index in [0.29, 0.717) is 11.3 Å². The lowest BCUT2D eigenvalue weighted by molar-refractivity contribution is -0.156. The Hall–Kier alpha value is -3.81. The normalized spacial score (nSPS) is 14.7. The highest BCUT2D eigenvalue weighted by atomic mass is 16.5. The summed E-state index contributed by atoms with van der Waals surface area (Å²) in [5.41, 5.74) is 1.25. The molecule has 0 saturated carbocycles. The van der Waals surface area contributed by atoms with Gasteiger partial charge in [0.05, 0.1) is 11.1 Å². The Kier molecular flexibility index (Phi) is 5.77. The van der Waals surface area contributed by atoms with E-state index < -0.39 is 35.8 Å². The van der Waals surface area contributed by atoms with Gasteiger partial charge in [0.1, 0.15) is 6.04 Å². The Morgan fingerprint density at radius 3 is 2.10 bits per heavy atom. The lowest BCUT2D eigenvalue weighted by atomic mass is 10.1. The van der Waals surface area contributed by atoms with E-state index in [1.807, 2.05) is 0 Å². The summed E-state index contributed by atoms with van der Waals surface area (Å²) in [5, 5.41) is 2.57. The van der Waals surface area contributed by atoms with Gasteiger partial charge in [-0.3, -0.25) is 24.1 Å². The minimum atomic E-state index is -1.20. The molecule has 2 aromatic carbocycles. The summed E-state index contributed by atoms with van der Waals surface area (Å²) in [6, 6.07) is 11.4. The molecule has 8 nitrogen and oxygen atoms in total. The Bertz CT molecular complexity index is 1030. The first kappa shape index (κ1) is 20.9. The van der Waals surface area contributed by atoms with Crippen LogP contribution in [0.5, 0.6) is 0 Å². The number of benzene rings is 2. The average Bonchev–Trinajstić information content (AvgIpc) is 2.98. The molecule has 1 aliphatic rings. The number of ketones is 1. The summed E-state index contributed by atoms with van der Waals surface area (Å²) in [6.07, 6.45) is -1.18. The monoisotopic (exact) mass is 408 g/mol. The van der Waals surface area contributed by atoms with Crippen LogP contribution in [-0.4, -0.2) is 46.5 Å². The Labute approximate surface area is 172 Å². The highest BCUT2D eigenvalue weighted by Gasteiger charge is 2.41. The van der Waals surface area contributed by atoms with Gasteiger partial charge in [0.25, 0.3) is 17.7 Å². The zero-order valence-corrected chi connectivity index (χ0v) is 16.7. The van der Waals surface area contributed by atoms with E-state index in [1.165, 1.54) is 39.0 Å².